The SMILES string of the molecule is Cc1cccc(C)c1-c1nc2c(c(N3C[C@@H](C)N(C(=O)O)C[C@@H]3C)n1)CN(Cc1ccccc1)CC2. The number of benzene rings is 2. The van der Waals surface area contributed by atoms with E-state index in [0.717, 1.165) is 49.0 Å². The van der Waals surface area contributed by atoms with E-state index in [1.54, 1.807) is 4.90 Å². The molecule has 0 saturated carbocycles. The van der Waals surface area contributed by atoms with Crippen molar-refractivity contribution in [2.45, 2.75) is 59.3 Å². The lowest BCUT2D eigenvalue weighted by molar-refractivity contribution is 0.114. The van der Waals surface area contributed by atoms with Gasteiger partial charge in [0, 0.05) is 62.4 Å². The zero-order chi connectivity index (χ0) is 25.4. The average Bonchev–Trinajstić information content (AvgIpc) is 2.85. The van der Waals surface area contributed by atoms with Crippen molar-refractivity contribution in [2.24, 2.45) is 0 Å². The highest BCUT2D eigenvalue weighted by atomic mass is 16.4. The van der Waals surface area contributed by atoms with Crippen LogP contribution in [-0.2, 0) is 19.5 Å². The topological polar surface area (TPSA) is 72.8 Å². The molecule has 0 spiro atoms. The molecule has 0 aliphatic carbocycles. The van der Waals surface area contributed by atoms with Crippen LogP contribution in [0.15, 0.2) is 48.5 Å². The van der Waals surface area contributed by atoms with E-state index in [1.807, 2.05) is 6.92 Å². The third-order valence-electron chi connectivity index (χ3n) is 7.57. The van der Waals surface area contributed by atoms with Crippen LogP contribution in [0.25, 0.3) is 11.4 Å². The second-order valence-corrected chi connectivity index (χ2v) is 10.3. The van der Waals surface area contributed by atoms with Crippen molar-refractivity contribution in [3.05, 3.63) is 76.5 Å². The van der Waals surface area contributed by atoms with Crippen molar-refractivity contribution in [1.82, 2.24) is 19.8 Å². The number of carbonyl (C=O) groups is 1. The molecule has 7 nitrogen and oxygen atoms in total. The summed E-state index contributed by atoms with van der Waals surface area (Å²) in [6.45, 7) is 12.0. The summed E-state index contributed by atoms with van der Waals surface area (Å²) in [5.41, 5.74) is 7.02. The largest absolute Gasteiger partial charge is 0.465 e. The molecule has 1 saturated heterocycles. The molecule has 0 unspecified atom stereocenters. The molecule has 1 fully saturated rings. The van der Waals surface area contributed by atoms with Gasteiger partial charge in [-0.15, -0.1) is 0 Å². The van der Waals surface area contributed by atoms with Gasteiger partial charge in [-0.2, -0.15) is 0 Å². The number of nitrogens with zero attached hydrogens (tertiary/aromatic N) is 5. The number of fused-ring (bicyclic) bond motifs is 1. The van der Waals surface area contributed by atoms with Gasteiger partial charge in [-0.3, -0.25) is 4.90 Å². The summed E-state index contributed by atoms with van der Waals surface area (Å²) in [6, 6.07) is 16.8. The maximum absolute atomic E-state index is 11.8. The Bertz CT molecular complexity index is 1240. The standard InChI is InChI=1S/C29H35N5O2/c1-19-9-8-10-20(2)26(19)27-30-25-13-14-32(17-23-11-6-5-7-12-23)18-24(25)28(31-27)33-15-22(4)34(29(35)36)16-21(33)3/h5-12,21-22H,13-18H2,1-4H3,(H,35,36)/t21-,22+/m0/s1. The molecular formula is C29H35N5O2. The minimum Gasteiger partial charge on any atom is -0.465 e. The molecule has 188 valence electrons. The van der Waals surface area contributed by atoms with Gasteiger partial charge >= 0.3 is 6.09 Å². The zero-order valence-electron chi connectivity index (χ0n) is 21.6. The van der Waals surface area contributed by atoms with E-state index in [9.17, 15) is 9.90 Å². The van der Waals surface area contributed by atoms with Gasteiger partial charge in [0.15, 0.2) is 5.82 Å². The van der Waals surface area contributed by atoms with Gasteiger partial charge in [0.25, 0.3) is 0 Å². The van der Waals surface area contributed by atoms with Gasteiger partial charge in [0.1, 0.15) is 5.82 Å². The molecule has 1 amide bonds. The van der Waals surface area contributed by atoms with Crippen molar-refractivity contribution in [1.29, 1.82) is 0 Å². The summed E-state index contributed by atoms with van der Waals surface area (Å²) >= 11 is 0. The minimum absolute atomic E-state index is 0.0200. The van der Waals surface area contributed by atoms with Gasteiger partial charge < -0.3 is 14.9 Å². The Morgan fingerprint density at radius 2 is 1.69 bits per heavy atom. The van der Waals surface area contributed by atoms with E-state index >= 15 is 0 Å². The maximum atomic E-state index is 11.8. The predicted octanol–water partition coefficient (Wildman–Crippen LogP) is 4.90. The van der Waals surface area contributed by atoms with Crippen LogP contribution in [0.1, 0.15) is 41.8 Å². The van der Waals surface area contributed by atoms with Crippen molar-refractivity contribution < 1.29 is 9.90 Å². The number of anilines is 1. The number of hydrogen-bond acceptors (Lipinski definition) is 5. The van der Waals surface area contributed by atoms with E-state index in [4.69, 9.17) is 9.97 Å². The third-order valence-corrected chi connectivity index (χ3v) is 7.57. The summed E-state index contributed by atoms with van der Waals surface area (Å²) in [7, 11) is 0. The summed E-state index contributed by atoms with van der Waals surface area (Å²) in [6.07, 6.45) is 0.0123. The molecule has 7 heteroatoms. The number of piperazine rings is 1. The zero-order valence-corrected chi connectivity index (χ0v) is 21.6. The lowest BCUT2D eigenvalue weighted by Crippen LogP contribution is -2.58. The van der Waals surface area contributed by atoms with Crippen molar-refractivity contribution >= 4 is 11.9 Å². The number of hydrogen-bond donors (Lipinski definition) is 1. The van der Waals surface area contributed by atoms with E-state index < -0.39 is 6.09 Å². The molecular weight excluding hydrogens is 450 g/mol. The van der Waals surface area contributed by atoms with Crippen LogP contribution >= 0.6 is 0 Å². The van der Waals surface area contributed by atoms with Crippen LogP contribution in [-0.4, -0.2) is 62.7 Å². The molecule has 3 aromatic rings. The summed E-state index contributed by atoms with van der Waals surface area (Å²) in [4.78, 5) is 28.5. The Kier molecular flexibility index (Phi) is 6.67. The summed E-state index contributed by atoms with van der Waals surface area (Å²) in [5, 5.41) is 9.68. The monoisotopic (exact) mass is 485 g/mol. The molecule has 1 N–H and O–H groups in total. The Labute approximate surface area is 213 Å². The summed E-state index contributed by atoms with van der Waals surface area (Å²) < 4.78 is 0. The molecule has 5 rings (SSSR count). The lowest BCUT2D eigenvalue weighted by atomic mass is 9.99. The van der Waals surface area contributed by atoms with Crippen LogP contribution in [0.5, 0.6) is 0 Å². The van der Waals surface area contributed by atoms with Crippen molar-refractivity contribution in [3.8, 4) is 11.4 Å². The van der Waals surface area contributed by atoms with Crippen LogP contribution in [0.2, 0.25) is 0 Å². The maximum Gasteiger partial charge on any atom is 0.407 e. The third kappa shape index (κ3) is 4.67. The van der Waals surface area contributed by atoms with Crippen LogP contribution in [0.4, 0.5) is 10.6 Å². The first-order valence-corrected chi connectivity index (χ1v) is 12.8. The van der Waals surface area contributed by atoms with Gasteiger partial charge in [0.05, 0.1) is 5.69 Å². The number of amides is 1. The molecule has 2 aliphatic rings. The number of aryl methyl sites for hydroxylation is 2. The van der Waals surface area contributed by atoms with E-state index in [-0.39, 0.29) is 12.1 Å². The smallest absolute Gasteiger partial charge is 0.407 e. The second kappa shape index (κ2) is 9.90. The molecule has 2 aliphatic heterocycles. The predicted molar refractivity (Wildman–Crippen MR) is 142 cm³/mol. The molecule has 2 aromatic carbocycles. The van der Waals surface area contributed by atoms with Gasteiger partial charge in [0.2, 0.25) is 0 Å². The fourth-order valence-corrected chi connectivity index (χ4v) is 5.63. The first-order chi connectivity index (χ1) is 17.3. The summed E-state index contributed by atoms with van der Waals surface area (Å²) in [5.74, 6) is 1.73. The second-order valence-electron chi connectivity index (χ2n) is 10.3. The lowest BCUT2D eigenvalue weighted by Gasteiger charge is -2.44. The molecule has 1 aromatic heterocycles. The normalized spacial score (nSPS) is 20.3. The van der Waals surface area contributed by atoms with Crippen LogP contribution < -0.4 is 4.90 Å². The Balaban J connectivity index is 1.57. The van der Waals surface area contributed by atoms with Crippen molar-refractivity contribution in [2.75, 3.05) is 24.5 Å². The van der Waals surface area contributed by atoms with Crippen LogP contribution in [0.3, 0.4) is 0 Å². The molecule has 36 heavy (non-hydrogen) atoms. The van der Waals surface area contributed by atoms with E-state index in [0.29, 0.717) is 13.1 Å². The Hall–Kier alpha value is -3.45. The van der Waals surface area contributed by atoms with E-state index in [2.05, 4.69) is 79.1 Å². The quantitative estimate of drug-likeness (QED) is 0.567. The molecule has 0 radical (unpaired) electrons. The molecule has 0 bridgehead atoms. The fourth-order valence-electron chi connectivity index (χ4n) is 5.63. The minimum atomic E-state index is -0.857. The average molecular weight is 486 g/mol. The highest BCUT2D eigenvalue weighted by Crippen LogP contribution is 2.34. The number of carboxylic acid groups (broad SMARTS) is 1. The fraction of sp³-hybridized carbons (Fsp3) is 0.414. The number of aromatic nitrogens is 2. The highest BCUT2D eigenvalue weighted by molar-refractivity contribution is 5.69. The van der Waals surface area contributed by atoms with Gasteiger partial charge in [-0.05, 0) is 44.4 Å². The Morgan fingerprint density at radius 1 is 0.972 bits per heavy atom. The molecule has 2 atom stereocenters. The van der Waals surface area contributed by atoms with Crippen LogP contribution in [0, 0.1) is 13.8 Å². The molecule has 3 heterocycles. The first-order valence-electron chi connectivity index (χ1n) is 12.8. The van der Waals surface area contributed by atoms with E-state index in [1.165, 1.54) is 22.3 Å². The first kappa shape index (κ1) is 24.3. The van der Waals surface area contributed by atoms with Gasteiger partial charge in [-0.1, -0.05) is 48.5 Å². The van der Waals surface area contributed by atoms with Crippen molar-refractivity contribution in [3.63, 3.8) is 0 Å². The highest BCUT2D eigenvalue weighted by Gasteiger charge is 2.35. The Morgan fingerprint density at radius 3 is 2.39 bits per heavy atom. The van der Waals surface area contributed by atoms with Gasteiger partial charge in [-0.25, -0.2) is 14.8 Å². The number of rotatable bonds is 4.